The van der Waals surface area contributed by atoms with Gasteiger partial charge in [-0.1, -0.05) is 23.2 Å². The molecule has 1 saturated heterocycles. The highest BCUT2D eigenvalue weighted by atomic mass is 35.5. The zero-order chi connectivity index (χ0) is 27.7. The van der Waals surface area contributed by atoms with Crippen molar-refractivity contribution in [2.24, 2.45) is 0 Å². The molecule has 0 N–H and O–H groups in total. The molecule has 1 fully saturated rings. The Kier molecular flexibility index (Phi) is 7.52. The van der Waals surface area contributed by atoms with Crippen LogP contribution in [-0.4, -0.2) is 76.7 Å². The summed E-state index contributed by atoms with van der Waals surface area (Å²) in [7, 11) is 0. The number of nitrogens with zero attached hydrogens (tertiary/aromatic N) is 8. The van der Waals surface area contributed by atoms with E-state index in [1.807, 2.05) is 20.8 Å². The molecule has 0 bridgehead atoms. The molecule has 0 radical (unpaired) electrons. The number of morpholine rings is 1. The summed E-state index contributed by atoms with van der Waals surface area (Å²) in [6, 6.07) is 2.71. The van der Waals surface area contributed by atoms with Crippen molar-refractivity contribution in [3.63, 3.8) is 0 Å². The van der Waals surface area contributed by atoms with Crippen LogP contribution in [0, 0.1) is 0 Å². The number of halogens is 2. The van der Waals surface area contributed by atoms with Crippen molar-refractivity contribution in [3.8, 4) is 5.82 Å². The third kappa shape index (κ3) is 6.02. The van der Waals surface area contributed by atoms with Crippen molar-refractivity contribution in [2.45, 2.75) is 45.3 Å². The van der Waals surface area contributed by atoms with Gasteiger partial charge in [0.05, 0.1) is 36.3 Å². The van der Waals surface area contributed by atoms with Gasteiger partial charge < -0.3 is 9.47 Å². The molecule has 5 rings (SSSR count). The summed E-state index contributed by atoms with van der Waals surface area (Å²) in [4.78, 5) is 38.1. The number of carbonyl (C=O) groups is 2. The van der Waals surface area contributed by atoms with Gasteiger partial charge in [0, 0.05) is 43.4 Å². The van der Waals surface area contributed by atoms with Crippen molar-refractivity contribution in [3.05, 3.63) is 63.9 Å². The van der Waals surface area contributed by atoms with E-state index in [4.69, 9.17) is 32.7 Å². The van der Waals surface area contributed by atoms with E-state index in [-0.39, 0.29) is 30.4 Å². The van der Waals surface area contributed by atoms with Crippen molar-refractivity contribution >= 4 is 40.7 Å². The van der Waals surface area contributed by atoms with E-state index in [1.165, 1.54) is 17.2 Å². The molecule has 4 aromatic rings. The van der Waals surface area contributed by atoms with E-state index in [1.54, 1.807) is 33.9 Å². The normalized spacial score (nSPS) is 16.0. The average molecular weight is 573 g/mol. The molecular weight excluding hydrogens is 547 g/mol. The summed E-state index contributed by atoms with van der Waals surface area (Å²) >= 11 is 12.6. The van der Waals surface area contributed by atoms with Crippen LogP contribution in [0.25, 0.3) is 11.5 Å². The maximum Gasteiger partial charge on any atom is 0.411 e. The van der Waals surface area contributed by atoms with E-state index in [0.29, 0.717) is 46.5 Å². The number of pyridine rings is 1. The highest BCUT2D eigenvalue weighted by Crippen LogP contribution is 2.30. The van der Waals surface area contributed by atoms with E-state index in [2.05, 4.69) is 25.3 Å². The molecule has 39 heavy (non-hydrogen) atoms. The minimum Gasteiger partial charge on any atom is -0.444 e. The topological polar surface area (TPSA) is 130 Å². The van der Waals surface area contributed by atoms with Crippen LogP contribution >= 0.6 is 23.2 Å². The summed E-state index contributed by atoms with van der Waals surface area (Å²) in [5.74, 6) is 0.254. The zero-order valence-corrected chi connectivity index (χ0v) is 23.1. The second kappa shape index (κ2) is 10.9. The SMILES string of the molecule is CC(C)(C)OC(=O)N1CCOCC1c1c(CC(=O)Cc2cnc(-n3nccn3)c(Cl)c2)cnc2cc(Cl)nn12. The van der Waals surface area contributed by atoms with Crippen LogP contribution in [0.4, 0.5) is 4.79 Å². The van der Waals surface area contributed by atoms with Crippen LogP contribution in [0.3, 0.4) is 0 Å². The number of rotatable bonds is 6. The van der Waals surface area contributed by atoms with E-state index in [9.17, 15) is 9.59 Å². The van der Waals surface area contributed by atoms with Gasteiger partial charge in [-0.3, -0.25) is 9.69 Å². The maximum atomic E-state index is 13.3. The molecule has 0 aliphatic carbocycles. The standard InChI is InChI=1S/C25H26Cl2N8O4/c1-25(2,3)39-24(37)33-6-7-38-14-19(33)22-16(13-28-21-11-20(27)32-34(21)22)10-17(36)8-15-9-18(26)23(29-12-15)35-30-4-5-31-35/h4-5,9,11-13,19H,6-8,10,14H2,1-3H3. The number of amides is 1. The molecule has 14 heteroatoms. The highest BCUT2D eigenvalue weighted by Gasteiger charge is 2.35. The van der Waals surface area contributed by atoms with Gasteiger partial charge >= 0.3 is 6.09 Å². The molecule has 12 nitrogen and oxygen atoms in total. The third-order valence-corrected chi connectivity index (χ3v) is 6.38. The predicted molar refractivity (Wildman–Crippen MR) is 141 cm³/mol. The minimum atomic E-state index is -0.681. The average Bonchev–Trinajstić information content (AvgIpc) is 3.52. The fourth-order valence-electron chi connectivity index (χ4n) is 4.36. The lowest BCUT2D eigenvalue weighted by molar-refractivity contribution is -0.117. The Labute approximate surface area is 233 Å². The number of hydrogen-bond donors (Lipinski definition) is 0. The molecule has 1 amide bonds. The van der Waals surface area contributed by atoms with E-state index < -0.39 is 17.7 Å². The minimum absolute atomic E-state index is 0.0223. The van der Waals surface area contributed by atoms with Crippen LogP contribution in [-0.2, 0) is 27.1 Å². The van der Waals surface area contributed by atoms with Gasteiger partial charge in [0.25, 0.3) is 0 Å². The fraction of sp³-hybridized carbons (Fsp3) is 0.400. The van der Waals surface area contributed by atoms with Crippen LogP contribution in [0.2, 0.25) is 10.2 Å². The van der Waals surface area contributed by atoms with Gasteiger partial charge in [0.2, 0.25) is 0 Å². The molecule has 204 valence electrons. The van der Waals surface area contributed by atoms with Crippen molar-refractivity contribution in [1.29, 1.82) is 0 Å². The predicted octanol–water partition coefficient (Wildman–Crippen LogP) is 3.67. The molecule has 0 spiro atoms. The lowest BCUT2D eigenvalue weighted by atomic mass is 9.99. The Balaban J connectivity index is 1.44. The Morgan fingerprint density at radius 3 is 2.59 bits per heavy atom. The molecule has 1 unspecified atom stereocenters. The Morgan fingerprint density at radius 2 is 1.87 bits per heavy atom. The molecule has 4 aromatic heterocycles. The quantitative estimate of drug-likeness (QED) is 0.339. The Bertz CT molecular complexity index is 1520. The first-order valence-electron chi connectivity index (χ1n) is 12.2. The summed E-state index contributed by atoms with van der Waals surface area (Å²) in [5.41, 5.74) is 1.61. The van der Waals surface area contributed by atoms with Crippen molar-refractivity contribution in [1.82, 2.24) is 39.5 Å². The molecule has 1 aliphatic rings. The smallest absolute Gasteiger partial charge is 0.411 e. The lowest BCUT2D eigenvalue weighted by Crippen LogP contribution is -2.46. The molecule has 0 saturated carbocycles. The molecule has 1 aliphatic heterocycles. The second-order valence-corrected chi connectivity index (χ2v) is 10.8. The van der Waals surface area contributed by atoms with E-state index >= 15 is 0 Å². The van der Waals surface area contributed by atoms with Crippen LogP contribution < -0.4 is 0 Å². The van der Waals surface area contributed by atoms with Gasteiger partial charge in [-0.15, -0.1) is 4.80 Å². The number of ketones is 1. The van der Waals surface area contributed by atoms with Gasteiger partial charge in [-0.2, -0.15) is 15.3 Å². The summed E-state index contributed by atoms with van der Waals surface area (Å²) in [6.07, 6.45) is 5.83. The van der Waals surface area contributed by atoms with Gasteiger partial charge in [0.1, 0.15) is 17.4 Å². The largest absolute Gasteiger partial charge is 0.444 e. The highest BCUT2D eigenvalue weighted by molar-refractivity contribution is 6.32. The van der Waals surface area contributed by atoms with Gasteiger partial charge in [-0.25, -0.2) is 19.3 Å². The summed E-state index contributed by atoms with van der Waals surface area (Å²) in [5, 5.41) is 13.0. The summed E-state index contributed by atoms with van der Waals surface area (Å²) < 4.78 is 13.0. The summed E-state index contributed by atoms with van der Waals surface area (Å²) in [6.45, 7) is 6.29. The van der Waals surface area contributed by atoms with Crippen LogP contribution in [0.15, 0.2) is 36.9 Å². The number of aromatic nitrogens is 7. The van der Waals surface area contributed by atoms with Gasteiger partial charge in [0.15, 0.2) is 16.6 Å². The number of hydrogen-bond acceptors (Lipinski definition) is 9. The first kappa shape index (κ1) is 27.0. The van der Waals surface area contributed by atoms with Crippen LogP contribution in [0.5, 0.6) is 0 Å². The molecule has 0 aromatic carbocycles. The van der Waals surface area contributed by atoms with Crippen molar-refractivity contribution in [2.75, 3.05) is 19.8 Å². The number of ether oxygens (including phenoxy) is 2. The Hall–Kier alpha value is -3.61. The fourth-order valence-corrected chi connectivity index (χ4v) is 4.80. The molecule has 1 atom stereocenters. The van der Waals surface area contributed by atoms with E-state index in [0.717, 1.165) is 0 Å². The van der Waals surface area contributed by atoms with Crippen molar-refractivity contribution < 1.29 is 19.1 Å². The second-order valence-electron chi connectivity index (χ2n) is 10.0. The Morgan fingerprint density at radius 1 is 1.10 bits per heavy atom. The zero-order valence-electron chi connectivity index (χ0n) is 21.5. The lowest BCUT2D eigenvalue weighted by Gasteiger charge is -2.37. The number of carbonyl (C=O) groups excluding carboxylic acids is 2. The third-order valence-electron chi connectivity index (χ3n) is 5.92. The van der Waals surface area contributed by atoms with Gasteiger partial charge in [-0.05, 0) is 32.4 Å². The molecule has 5 heterocycles. The number of Topliss-reactive ketones (excluding diaryl/α,β-unsaturated/α-hetero) is 1. The maximum absolute atomic E-state index is 13.3. The monoisotopic (exact) mass is 572 g/mol. The first-order valence-corrected chi connectivity index (χ1v) is 13.0. The first-order chi connectivity index (χ1) is 18.6. The number of fused-ring (bicyclic) bond motifs is 1. The molecular formula is C25H26Cl2N8O4. The van der Waals surface area contributed by atoms with Crippen LogP contribution in [0.1, 0.15) is 43.6 Å².